The average molecular weight is 192 g/mol. The van der Waals surface area contributed by atoms with Crippen molar-refractivity contribution in [2.45, 2.75) is 25.6 Å². The molecule has 1 aliphatic heterocycles. The van der Waals surface area contributed by atoms with E-state index in [4.69, 9.17) is 0 Å². The Morgan fingerprint density at radius 1 is 1.85 bits per heavy atom. The molecular weight excluding hydrogens is 182 g/mol. The number of carbonyl (C=O) groups excluding carboxylic acids is 1. The SMILES string of the molecule is C=C(C)C(=O)OCC1(F)CC(F)O1. The molecule has 0 N–H and O–H groups in total. The highest BCUT2D eigenvalue weighted by Crippen LogP contribution is 2.35. The van der Waals surface area contributed by atoms with Gasteiger partial charge in [0.25, 0.3) is 5.85 Å². The second-order valence-corrected chi connectivity index (χ2v) is 2.97. The normalized spacial score (nSPS) is 32.1. The second-order valence-electron chi connectivity index (χ2n) is 2.97. The zero-order valence-corrected chi connectivity index (χ0v) is 7.18. The first-order valence-corrected chi connectivity index (χ1v) is 3.76. The van der Waals surface area contributed by atoms with Crippen molar-refractivity contribution >= 4 is 5.97 Å². The van der Waals surface area contributed by atoms with Crippen LogP contribution in [-0.4, -0.2) is 24.8 Å². The van der Waals surface area contributed by atoms with Gasteiger partial charge in [-0.1, -0.05) is 6.58 Å². The molecule has 5 heteroatoms. The third-order valence-corrected chi connectivity index (χ3v) is 1.57. The van der Waals surface area contributed by atoms with Gasteiger partial charge in [0.05, 0.1) is 6.42 Å². The van der Waals surface area contributed by atoms with Crippen LogP contribution in [0.3, 0.4) is 0 Å². The summed E-state index contributed by atoms with van der Waals surface area (Å²) < 4.78 is 33.7. The molecule has 1 heterocycles. The van der Waals surface area contributed by atoms with Crippen molar-refractivity contribution in [3.05, 3.63) is 12.2 Å². The number of carbonyl (C=O) groups is 1. The maximum Gasteiger partial charge on any atom is 0.333 e. The van der Waals surface area contributed by atoms with Crippen LogP contribution in [-0.2, 0) is 14.3 Å². The molecule has 0 saturated carbocycles. The number of esters is 1. The standard InChI is InChI=1S/C8H10F2O3/c1-5(2)7(11)12-4-8(10)3-6(9)13-8/h6H,1,3-4H2,2H3. The van der Waals surface area contributed by atoms with Crippen LogP contribution in [0, 0.1) is 0 Å². The highest BCUT2D eigenvalue weighted by Gasteiger charge is 2.48. The summed E-state index contributed by atoms with van der Waals surface area (Å²) in [5.74, 6) is -2.85. The number of halogens is 2. The van der Waals surface area contributed by atoms with Crippen LogP contribution in [0.15, 0.2) is 12.2 Å². The van der Waals surface area contributed by atoms with E-state index in [0.717, 1.165) is 0 Å². The summed E-state index contributed by atoms with van der Waals surface area (Å²) in [6.07, 6.45) is -1.98. The van der Waals surface area contributed by atoms with E-state index in [1.165, 1.54) is 6.92 Å². The van der Waals surface area contributed by atoms with Gasteiger partial charge in [-0.25, -0.2) is 13.6 Å². The fourth-order valence-corrected chi connectivity index (χ4v) is 0.849. The van der Waals surface area contributed by atoms with E-state index >= 15 is 0 Å². The summed E-state index contributed by atoms with van der Waals surface area (Å²) >= 11 is 0. The third-order valence-electron chi connectivity index (χ3n) is 1.57. The van der Waals surface area contributed by atoms with Crippen LogP contribution in [0.25, 0.3) is 0 Å². The van der Waals surface area contributed by atoms with Crippen LogP contribution >= 0.6 is 0 Å². The minimum atomic E-state index is -2.15. The van der Waals surface area contributed by atoms with Crippen molar-refractivity contribution in [1.82, 2.24) is 0 Å². The highest BCUT2D eigenvalue weighted by molar-refractivity contribution is 5.86. The Labute approximate surface area is 74.3 Å². The summed E-state index contributed by atoms with van der Waals surface area (Å²) in [7, 11) is 0. The van der Waals surface area contributed by atoms with Gasteiger partial charge in [0.1, 0.15) is 0 Å². The predicted octanol–water partition coefficient (Wildman–Crippen LogP) is 1.49. The van der Waals surface area contributed by atoms with Gasteiger partial charge in [0, 0.05) is 5.57 Å². The van der Waals surface area contributed by atoms with E-state index in [2.05, 4.69) is 16.1 Å². The molecule has 1 rings (SSSR count). The van der Waals surface area contributed by atoms with Crippen LogP contribution < -0.4 is 0 Å². The molecule has 2 unspecified atom stereocenters. The Kier molecular flexibility index (Phi) is 2.66. The molecule has 0 radical (unpaired) electrons. The molecule has 1 fully saturated rings. The van der Waals surface area contributed by atoms with E-state index in [-0.39, 0.29) is 5.57 Å². The lowest BCUT2D eigenvalue weighted by Crippen LogP contribution is -2.48. The van der Waals surface area contributed by atoms with E-state index in [0.29, 0.717) is 0 Å². The molecule has 2 atom stereocenters. The molecule has 0 amide bonds. The summed E-state index contributed by atoms with van der Waals surface area (Å²) in [6.45, 7) is 4.16. The summed E-state index contributed by atoms with van der Waals surface area (Å²) in [6, 6.07) is 0. The second kappa shape index (κ2) is 3.41. The van der Waals surface area contributed by atoms with Crippen LogP contribution in [0.4, 0.5) is 8.78 Å². The molecule has 13 heavy (non-hydrogen) atoms. The van der Waals surface area contributed by atoms with Gasteiger partial charge in [-0.3, -0.25) is 0 Å². The van der Waals surface area contributed by atoms with E-state index < -0.39 is 31.2 Å². The van der Waals surface area contributed by atoms with Crippen molar-refractivity contribution in [3.63, 3.8) is 0 Å². The van der Waals surface area contributed by atoms with E-state index in [1.54, 1.807) is 0 Å². The highest BCUT2D eigenvalue weighted by atomic mass is 19.2. The molecular formula is C8H10F2O3. The van der Waals surface area contributed by atoms with E-state index in [9.17, 15) is 13.6 Å². The monoisotopic (exact) mass is 192 g/mol. The Bertz CT molecular complexity index is 234. The first-order valence-electron chi connectivity index (χ1n) is 3.76. The van der Waals surface area contributed by atoms with Crippen molar-refractivity contribution < 1.29 is 23.0 Å². The van der Waals surface area contributed by atoms with Gasteiger partial charge >= 0.3 is 5.97 Å². The minimum absolute atomic E-state index is 0.166. The van der Waals surface area contributed by atoms with Crippen molar-refractivity contribution in [2.75, 3.05) is 6.61 Å². The summed E-state index contributed by atoms with van der Waals surface area (Å²) in [5, 5.41) is 0. The lowest BCUT2D eigenvalue weighted by atomic mass is 10.1. The van der Waals surface area contributed by atoms with Crippen molar-refractivity contribution in [2.24, 2.45) is 0 Å². The Morgan fingerprint density at radius 2 is 2.38 bits per heavy atom. The number of alkyl halides is 2. The zero-order chi connectivity index (χ0) is 10.1. The molecule has 0 spiro atoms. The largest absolute Gasteiger partial charge is 0.456 e. The fraction of sp³-hybridized carbons (Fsp3) is 0.625. The number of hydrogen-bond acceptors (Lipinski definition) is 3. The number of ether oxygens (including phenoxy) is 2. The van der Waals surface area contributed by atoms with Crippen LogP contribution in [0.1, 0.15) is 13.3 Å². The minimum Gasteiger partial charge on any atom is -0.456 e. The van der Waals surface area contributed by atoms with Crippen LogP contribution in [0.2, 0.25) is 0 Å². The fourth-order valence-electron chi connectivity index (χ4n) is 0.849. The first-order chi connectivity index (χ1) is 5.93. The lowest BCUT2D eigenvalue weighted by molar-refractivity contribution is -0.330. The zero-order valence-electron chi connectivity index (χ0n) is 7.18. The number of rotatable bonds is 3. The Balaban J connectivity index is 2.27. The molecule has 0 aromatic rings. The first kappa shape index (κ1) is 10.1. The Morgan fingerprint density at radius 3 is 2.77 bits per heavy atom. The molecule has 0 bridgehead atoms. The molecule has 1 aliphatic rings. The van der Waals surface area contributed by atoms with Gasteiger partial charge < -0.3 is 9.47 Å². The topological polar surface area (TPSA) is 35.5 Å². The van der Waals surface area contributed by atoms with Gasteiger partial charge in [-0.2, -0.15) is 0 Å². The van der Waals surface area contributed by atoms with Gasteiger partial charge in [0.15, 0.2) is 6.61 Å². The maximum atomic E-state index is 13.0. The van der Waals surface area contributed by atoms with Gasteiger partial charge in [-0.15, -0.1) is 0 Å². The third kappa shape index (κ3) is 2.48. The van der Waals surface area contributed by atoms with Crippen molar-refractivity contribution in [1.29, 1.82) is 0 Å². The quantitative estimate of drug-likeness (QED) is 0.502. The molecule has 74 valence electrons. The smallest absolute Gasteiger partial charge is 0.333 e. The molecule has 1 saturated heterocycles. The molecule has 3 nitrogen and oxygen atoms in total. The number of hydrogen-bond donors (Lipinski definition) is 0. The van der Waals surface area contributed by atoms with E-state index in [1.807, 2.05) is 0 Å². The summed E-state index contributed by atoms with van der Waals surface area (Å²) in [5.41, 5.74) is 0.166. The molecule has 0 aromatic heterocycles. The average Bonchev–Trinajstić information content (AvgIpc) is 1.97. The maximum absolute atomic E-state index is 13.0. The Hall–Kier alpha value is -0.970. The lowest BCUT2D eigenvalue weighted by Gasteiger charge is -2.36. The van der Waals surface area contributed by atoms with Gasteiger partial charge in [-0.05, 0) is 6.92 Å². The van der Waals surface area contributed by atoms with Gasteiger partial charge in [0.2, 0.25) is 6.36 Å². The van der Waals surface area contributed by atoms with Crippen molar-refractivity contribution in [3.8, 4) is 0 Å². The van der Waals surface area contributed by atoms with Crippen LogP contribution in [0.5, 0.6) is 0 Å². The molecule has 0 aliphatic carbocycles. The predicted molar refractivity (Wildman–Crippen MR) is 40.2 cm³/mol. The molecule has 0 aromatic carbocycles. The summed E-state index contributed by atoms with van der Waals surface area (Å²) in [4.78, 5) is 10.8.